The summed E-state index contributed by atoms with van der Waals surface area (Å²) >= 11 is 0. The number of aromatic nitrogens is 1. The lowest BCUT2D eigenvalue weighted by Gasteiger charge is -1.99. The molecule has 0 bridgehead atoms. The quantitative estimate of drug-likeness (QED) is 0.680. The lowest BCUT2D eigenvalue weighted by atomic mass is 10.2. The van der Waals surface area contributed by atoms with Crippen LogP contribution in [0.3, 0.4) is 0 Å². The van der Waals surface area contributed by atoms with E-state index >= 15 is 0 Å². The average molecular weight is 264 g/mol. The summed E-state index contributed by atoms with van der Waals surface area (Å²) in [6.45, 7) is 1.85. The van der Waals surface area contributed by atoms with Gasteiger partial charge in [0.05, 0.1) is 23.4 Å². The molecule has 1 amide bonds. The number of nitriles is 1. The highest BCUT2D eigenvalue weighted by atomic mass is 16.2. The van der Waals surface area contributed by atoms with Gasteiger partial charge in [-0.3, -0.25) is 9.78 Å². The van der Waals surface area contributed by atoms with Crippen LogP contribution < -0.4 is 5.43 Å². The molecule has 98 valence electrons. The van der Waals surface area contributed by atoms with Crippen LogP contribution in [0.25, 0.3) is 0 Å². The number of carbonyl (C=O) groups excluding carboxylic acids is 1. The molecular formula is C15H12N4O. The molecule has 0 aliphatic heterocycles. The van der Waals surface area contributed by atoms with Crippen LogP contribution in [0, 0.1) is 18.3 Å². The zero-order valence-corrected chi connectivity index (χ0v) is 10.9. The molecule has 1 aromatic heterocycles. The summed E-state index contributed by atoms with van der Waals surface area (Å²) in [7, 11) is 0. The number of hydrogen-bond acceptors (Lipinski definition) is 4. The molecule has 0 atom stereocenters. The lowest BCUT2D eigenvalue weighted by molar-refractivity contribution is 0.0955. The molecule has 0 saturated heterocycles. The van der Waals surface area contributed by atoms with Gasteiger partial charge in [0.2, 0.25) is 0 Å². The maximum atomic E-state index is 11.7. The fourth-order valence-corrected chi connectivity index (χ4v) is 1.48. The molecule has 0 spiro atoms. The van der Waals surface area contributed by atoms with Gasteiger partial charge in [-0.05, 0) is 36.8 Å². The van der Waals surface area contributed by atoms with E-state index in [0.29, 0.717) is 11.1 Å². The fraction of sp³-hybridized carbons (Fsp3) is 0.0667. The Morgan fingerprint density at radius 3 is 2.65 bits per heavy atom. The van der Waals surface area contributed by atoms with Gasteiger partial charge >= 0.3 is 0 Å². The average Bonchev–Trinajstić information content (AvgIpc) is 2.48. The Bertz CT molecular complexity index is 667. The van der Waals surface area contributed by atoms with Gasteiger partial charge in [-0.15, -0.1) is 0 Å². The molecule has 2 aromatic rings. The number of aryl methyl sites for hydroxylation is 1. The first-order valence-electron chi connectivity index (χ1n) is 5.95. The minimum absolute atomic E-state index is 0.317. The van der Waals surface area contributed by atoms with Crippen LogP contribution in [-0.2, 0) is 0 Å². The highest BCUT2D eigenvalue weighted by Gasteiger charge is 2.03. The van der Waals surface area contributed by atoms with Crippen molar-refractivity contribution >= 4 is 12.1 Å². The zero-order chi connectivity index (χ0) is 14.4. The maximum Gasteiger partial charge on any atom is 0.272 e. The van der Waals surface area contributed by atoms with E-state index in [0.717, 1.165) is 11.3 Å². The lowest BCUT2D eigenvalue weighted by Crippen LogP contribution is -2.17. The molecule has 1 aromatic carbocycles. The Balaban J connectivity index is 1.97. The zero-order valence-electron chi connectivity index (χ0n) is 10.9. The van der Waals surface area contributed by atoms with Crippen molar-refractivity contribution in [3.8, 4) is 6.07 Å². The van der Waals surface area contributed by atoms with E-state index in [2.05, 4.69) is 15.5 Å². The van der Waals surface area contributed by atoms with E-state index in [-0.39, 0.29) is 5.91 Å². The third kappa shape index (κ3) is 3.50. The van der Waals surface area contributed by atoms with Crippen LogP contribution in [0.5, 0.6) is 0 Å². The van der Waals surface area contributed by atoms with Crippen molar-refractivity contribution in [2.24, 2.45) is 5.10 Å². The molecule has 20 heavy (non-hydrogen) atoms. The van der Waals surface area contributed by atoms with Crippen molar-refractivity contribution in [2.75, 3.05) is 0 Å². The van der Waals surface area contributed by atoms with Gasteiger partial charge in [-0.25, -0.2) is 5.43 Å². The van der Waals surface area contributed by atoms with Crippen LogP contribution in [0.15, 0.2) is 47.7 Å². The predicted octanol–water partition coefficient (Wildman–Crippen LogP) is 2.03. The van der Waals surface area contributed by atoms with Crippen molar-refractivity contribution in [3.05, 3.63) is 65.0 Å². The number of nitrogens with one attached hydrogen (secondary N) is 1. The van der Waals surface area contributed by atoms with Crippen LogP contribution in [0.1, 0.15) is 27.2 Å². The summed E-state index contributed by atoms with van der Waals surface area (Å²) in [6.07, 6.45) is 3.02. The number of hydrogen-bond donors (Lipinski definition) is 1. The van der Waals surface area contributed by atoms with E-state index in [9.17, 15) is 4.79 Å². The van der Waals surface area contributed by atoms with Crippen molar-refractivity contribution in [3.63, 3.8) is 0 Å². The molecule has 5 heteroatoms. The van der Waals surface area contributed by atoms with E-state index < -0.39 is 0 Å². The first kappa shape index (κ1) is 13.4. The maximum absolute atomic E-state index is 11.7. The Morgan fingerprint density at radius 1 is 1.30 bits per heavy atom. The van der Waals surface area contributed by atoms with Crippen LogP contribution in [-0.4, -0.2) is 17.1 Å². The fourth-order valence-electron chi connectivity index (χ4n) is 1.48. The summed E-state index contributed by atoms with van der Waals surface area (Å²) < 4.78 is 0. The van der Waals surface area contributed by atoms with E-state index in [4.69, 9.17) is 5.26 Å². The second-order valence-corrected chi connectivity index (χ2v) is 4.12. The predicted molar refractivity (Wildman–Crippen MR) is 75.2 cm³/mol. The molecular weight excluding hydrogens is 252 g/mol. The highest BCUT2D eigenvalue weighted by Crippen LogP contribution is 2.01. The van der Waals surface area contributed by atoms with Gasteiger partial charge in [0.1, 0.15) is 0 Å². The SMILES string of the molecule is Cc1ccc(C(=O)N/N=C/c2ccc(C#N)cc2)cn1. The van der Waals surface area contributed by atoms with Crippen LogP contribution >= 0.6 is 0 Å². The van der Waals surface area contributed by atoms with E-state index in [1.165, 1.54) is 12.4 Å². The van der Waals surface area contributed by atoms with Gasteiger partial charge in [0.15, 0.2) is 0 Å². The second-order valence-electron chi connectivity index (χ2n) is 4.12. The Kier molecular flexibility index (Phi) is 4.20. The third-order valence-electron chi connectivity index (χ3n) is 2.59. The molecule has 5 nitrogen and oxygen atoms in total. The number of rotatable bonds is 3. The molecule has 0 fully saturated rings. The molecule has 0 aliphatic carbocycles. The molecule has 1 heterocycles. The molecule has 0 unspecified atom stereocenters. The summed E-state index contributed by atoms with van der Waals surface area (Å²) in [5.74, 6) is -0.317. The summed E-state index contributed by atoms with van der Waals surface area (Å²) in [4.78, 5) is 15.8. The topological polar surface area (TPSA) is 78.1 Å². The van der Waals surface area contributed by atoms with E-state index in [1.54, 1.807) is 36.4 Å². The standard InChI is InChI=1S/C15H12N4O/c1-11-2-7-14(10-17-11)15(20)19-18-9-13-5-3-12(8-16)4-6-13/h2-7,9-10H,1H3,(H,19,20)/b18-9+. The third-order valence-corrected chi connectivity index (χ3v) is 2.59. The summed E-state index contributed by atoms with van der Waals surface area (Å²) in [6, 6.07) is 12.4. The largest absolute Gasteiger partial charge is 0.272 e. The van der Waals surface area contributed by atoms with Crippen molar-refractivity contribution in [1.82, 2.24) is 10.4 Å². The van der Waals surface area contributed by atoms with Gasteiger partial charge in [0, 0.05) is 11.9 Å². The molecule has 0 aliphatic rings. The van der Waals surface area contributed by atoms with Crippen molar-refractivity contribution in [2.45, 2.75) is 6.92 Å². The van der Waals surface area contributed by atoms with Crippen LogP contribution in [0.4, 0.5) is 0 Å². The Hall–Kier alpha value is -3.00. The number of benzene rings is 1. The molecule has 0 radical (unpaired) electrons. The van der Waals surface area contributed by atoms with Crippen molar-refractivity contribution in [1.29, 1.82) is 5.26 Å². The second kappa shape index (κ2) is 6.25. The van der Waals surface area contributed by atoms with Gasteiger partial charge in [0.25, 0.3) is 5.91 Å². The normalized spacial score (nSPS) is 10.2. The van der Waals surface area contributed by atoms with Gasteiger partial charge < -0.3 is 0 Å². The Morgan fingerprint density at radius 2 is 2.05 bits per heavy atom. The molecule has 0 saturated carbocycles. The number of amides is 1. The number of carbonyl (C=O) groups is 1. The highest BCUT2D eigenvalue weighted by molar-refractivity contribution is 5.94. The minimum Gasteiger partial charge on any atom is -0.267 e. The first-order chi connectivity index (χ1) is 9.69. The summed E-state index contributed by atoms with van der Waals surface area (Å²) in [5, 5.41) is 12.5. The number of pyridine rings is 1. The smallest absolute Gasteiger partial charge is 0.267 e. The summed E-state index contributed by atoms with van der Waals surface area (Å²) in [5.41, 5.74) is 5.10. The molecule has 1 N–H and O–H groups in total. The first-order valence-corrected chi connectivity index (χ1v) is 5.95. The van der Waals surface area contributed by atoms with Gasteiger partial charge in [-0.2, -0.15) is 10.4 Å². The number of hydrazone groups is 1. The van der Waals surface area contributed by atoms with Crippen LogP contribution in [0.2, 0.25) is 0 Å². The number of nitrogens with zero attached hydrogens (tertiary/aromatic N) is 3. The molecule has 2 rings (SSSR count). The minimum atomic E-state index is -0.317. The van der Waals surface area contributed by atoms with Gasteiger partial charge in [-0.1, -0.05) is 12.1 Å². The van der Waals surface area contributed by atoms with E-state index in [1.807, 2.05) is 13.0 Å². The monoisotopic (exact) mass is 264 g/mol. The Labute approximate surface area is 116 Å². The van der Waals surface area contributed by atoms with Crippen molar-refractivity contribution < 1.29 is 4.79 Å².